The lowest BCUT2D eigenvalue weighted by atomic mass is 10.0. The van der Waals surface area contributed by atoms with Crippen LogP contribution >= 0.6 is 0 Å². The van der Waals surface area contributed by atoms with Gasteiger partial charge in [0.05, 0.1) is 11.9 Å². The van der Waals surface area contributed by atoms with Gasteiger partial charge in [-0.3, -0.25) is 13.9 Å². The largest absolute Gasteiger partial charge is 0.357 e. The van der Waals surface area contributed by atoms with E-state index in [4.69, 9.17) is 0 Å². The Labute approximate surface area is 224 Å². The molecule has 3 aromatic carbocycles. The number of para-hydroxylation sites is 1. The van der Waals surface area contributed by atoms with Gasteiger partial charge in [0.25, 0.3) is 0 Å². The number of anilines is 1. The quantitative estimate of drug-likeness (QED) is 0.376. The molecular formula is C29H34FN3O4S. The molecule has 0 fully saturated rings. The molecule has 0 bridgehead atoms. The average molecular weight is 540 g/mol. The van der Waals surface area contributed by atoms with Crippen molar-refractivity contribution in [3.05, 3.63) is 101 Å². The maximum atomic E-state index is 14.4. The maximum Gasteiger partial charge on any atom is 0.242 e. The van der Waals surface area contributed by atoms with Crippen LogP contribution in [0.5, 0.6) is 0 Å². The van der Waals surface area contributed by atoms with Gasteiger partial charge in [0, 0.05) is 33.0 Å². The SMILES string of the molecule is CNC(=O)C(Cc1ccccc1)N(Cc1cccc(C)c1)C(=O)CCCN(c1ccccc1F)S(C)(=O)=O. The number of nitrogens with zero attached hydrogens (tertiary/aromatic N) is 2. The summed E-state index contributed by atoms with van der Waals surface area (Å²) in [5, 5.41) is 2.68. The number of likely N-dealkylation sites (N-methyl/N-ethyl adjacent to an activating group) is 1. The highest BCUT2D eigenvalue weighted by Gasteiger charge is 2.30. The monoisotopic (exact) mass is 539 g/mol. The highest BCUT2D eigenvalue weighted by atomic mass is 32.2. The van der Waals surface area contributed by atoms with E-state index in [0.717, 1.165) is 27.3 Å². The van der Waals surface area contributed by atoms with Gasteiger partial charge >= 0.3 is 0 Å². The highest BCUT2D eigenvalue weighted by molar-refractivity contribution is 7.92. The summed E-state index contributed by atoms with van der Waals surface area (Å²) in [6.07, 6.45) is 1.46. The number of hydrogen-bond acceptors (Lipinski definition) is 4. The zero-order valence-corrected chi connectivity index (χ0v) is 22.7. The van der Waals surface area contributed by atoms with E-state index in [0.29, 0.717) is 6.42 Å². The molecule has 0 heterocycles. The van der Waals surface area contributed by atoms with Crippen LogP contribution in [0.4, 0.5) is 10.1 Å². The summed E-state index contributed by atoms with van der Waals surface area (Å²) in [5.41, 5.74) is 2.75. The second kappa shape index (κ2) is 13.2. The van der Waals surface area contributed by atoms with E-state index in [1.165, 1.54) is 25.2 Å². The van der Waals surface area contributed by atoms with Crippen LogP contribution in [0.25, 0.3) is 0 Å². The van der Waals surface area contributed by atoms with E-state index in [-0.39, 0.29) is 43.4 Å². The van der Waals surface area contributed by atoms with E-state index in [1.54, 1.807) is 11.0 Å². The third kappa shape index (κ3) is 7.89. The van der Waals surface area contributed by atoms with Crippen molar-refractivity contribution in [3.63, 3.8) is 0 Å². The molecule has 9 heteroatoms. The molecule has 0 aromatic heterocycles. The van der Waals surface area contributed by atoms with Crippen LogP contribution in [0.2, 0.25) is 0 Å². The second-order valence-corrected chi connectivity index (χ2v) is 11.1. The molecule has 0 saturated heterocycles. The summed E-state index contributed by atoms with van der Waals surface area (Å²) in [5.74, 6) is -1.25. The van der Waals surface area contributed by atoms with E-state index in [9.17, 15) is 22.4 Å². The summed E-state index contributed by atoms with van der Waals surface area (Å²) < 4.78 is 40.2. The third-order valence-corrected chi connectivity index (χ3v) is 7.41. The predicted octanol–water partition coefficient (Wildman–Crippen LogP) is 4.07. The Morgan fingerprint density at radius 2 is 1.61 bits per heavy atom. The van der Waals surface area contributed by atoms with Crippen molar-refractivity contribution in [2.24, 2.45) is 0 Å². The molecule has 38 heavy (non-hydrogen) atoms. The Kier molecular flexibility index (Phi) is 10.0. The maximum absolute atomic E-state index is 14.4. The first-order chi connectivity index (χ1) is 18.1. The predicted molar refractivity (Wildman–Crippen MR) is 148 cm³/mol. The molecule has 0 saturated carbocycles. The number of aryl methyl sites for hydroxylation is 1. The molecule has 0 aliphatic rings. The van der Waals surface area contributed by atoms with E-state index >= 15 is 0 Å². The Bertz CT molecular complexity index is 1350. The number of rotatable bonds is 12. The molecule has 0 radical (unpaired) electrons. The van der Waals surface area contributed by atoms with Crippen LogP contribution in [0.15, 0.2) is 78.9 Å². The van der Waals surface area contributed by atoms with Crippen molar-refractivity contribution in [3.8, 4) is 0 Å². The van der Waals surface area contributed by atoms with Gasteiger partial charge < -0.3 is 10.2 Å². The van der Waals surface area contributed by atoms with Crippen molar-refractivity contribution >= 4 is 27.5 Å². The first-order valence-corrected chi connectivity index (χ1v) is 14.3. The van der Waals surface area contributed by atoms with Crippen LogP contribution < -0.4 is 9.62 Å². The van der Waals surface area contributed by atoms with Crippen LogP contribution in [0.1, 0.15) is 29.5 Å². The Balaban J connectivity index is 1.85. The molecule has 0 aliphatic carbocycles. The van der Waals surface area contributed by atoms with Gasteiger partial charge in [-0.05, 0) is 36.6 Å². The Hall–Kier alpha value is -3.72. The summed E-state index contributed by atoms with van der Waals surface area (Å²) in [4.78, 5) is 28.2. The molecule has 7 nitrogen and oxygen atoms in total. The van der Waals surface area contributed by atoms with Gasteiger partial charge in [0.15, 0.2) is 0 Å². The number of carbonyl (C=O) groups is 2. The van der Waals surface area contributed by atoms with Gasteiger partial charge in [0.1, 0.15) is 11.9 Å². The van der Waals surface area contributed by atoms with Crippen LogP contribution in [-0.2, 0) is 32.6 Å². The molecule has 1 atom stereocenters. The molecule has 3 rings (SSSR count). The van der Waals surface area contributed by atoms with Crippen molar-refractivity contribution in [2.45, 2.75) is 38.8 Å². The fourth-order valence-corrected chi connectivity index (χ4v) is 5.33. The zero-order chi connectivity index (χ0) is 27.7. The molecule has 1 N–H and O–H groups in total. The number of benzene rings is 3. The minimum atomic E-state index is -3.78. The van der Waals surface area contributed by atoms with Crippen molar-refractivity contribution in [1.82, 2.24) is 10.2 Å². The third-order valence-electron chi connectivity index (χ3n) is 6.23. The molecule has 0 spiro atoms. The topological polar surface area (TPSA) is 86.8 Å². The lowest BCUT2D eigenvalue weighted by molar-refractivity contribution is -0.141. The molecule has 1 unspecified atom stereocenters. The number of carbonyl (C=O) groups excluding carboxylic acids is 2. The first kappa shape index (κ1) is 28.8. The van der Waals surface area contributed by atoms with E-state index < -0.39 is 21.9 Å². The minimum absolute atomic E-state index is 0.0193. The molecule has 2 amide bonds. The fourth-order valence-electron chi connectivity index (χ4n) is 4.36. The Morgan fingerprint density at radius 3 is 2.24 bits per heavy atom. The summed E-state index contributed by atoms with van der Waals surface area (Å²) in [7, 11) is -2.25. The fraction of sp³-hybridized carbons (Fsp3) is 0.310. The molecule has 0 aliphatic heterocycles. The zero-order valence-electron chi connectivity index (χ0n) is 21.9. The van der Waals surface area contributed by atoms with Crippen molar-refractivity contribution in [1.29, 1.82) is 0 Å². The van der Waals surface area contributed by atoms with Gasteiger partial charge in [-0.15, -0.1) is 0 Å². The van der Waals surface area contributed by atoms with E-state index in [2.05, 4.69) is 5.32 Å². The normalized spacial score (nSPS) is 12.0. The lowest BCUT2D eigenvalue weighted by Crippen LogP contribution is -2.49. The van der Waals surface area contributed by atoms with E-state index in [1.807, 2.05) is 61.5 Å². The number of hydrogen-bond donors (Lipinski definition) is 1. The second-order valence-electron chi connectivity index (χ2n) is 9.22. The van der Waals surface area contributed by atoms with Crippen LogP contribution in [0, 0.1) is 12.7 Å². The average Bonchev–Trinajstić information content (AvgIpc) is 2.88. The molecule has 202 valence electrons. The lowest BCUT2D eigenvalue weighted by Gasteiger charge is -2.31. The van der Waals surface area contributed by atoms with Gasteiger partial charge in [-0.2, -0.15) is 0 Å². The number of sulfonamides is 1. The Morgan fingerprint density at radius 1 is 0.947 bits per heavy atom. The molecule has 3 aromatic rings. The van der Waals surface area contributed by atoms with Crippen LogP contribution in [0.3, 0.4) is 0 Å². The summed E-state index contributed by atoms with van der Waals surface area (Å²) in [6, 6.07) is 22.0. The summed E-state index contributed by atoms with van der Waals surface area (Å²) >= 11 is 0. The first-order valence-electron chi connectivity index (χ1n) is 12.4. The van der Waals surface area contributed by atoms with Crippen molar-refractivity contribution < 1.29 is 22.4 Å². The van der Waals surface area contributed by atoms with Gasteiger partial charge in [0.2, 0.25) is 21.8 Å². The number of nitrogens with one attached hydrogen (secondary N) is 1. The minimum Gasteiger partial charge on any atom is -0.357 e. The van der Waals surface area contributed by atoms with Gasteiger partial charge in [-0.1, -0.05) is 72.3 Å². The smallest absolute Gasteiger partial charge is 0.242 e. The summed E-state index contributed by atoms with van der Waals surface area (Å²) in [6.45, 7) is 2.10. The van der Waals surface area contributed by atoms with Gasteiger partial charge in [-0.25, -0.2) is 12.8 Å². The van der Waals surface area contributed by atoms with Crippen LogP contribution in [-0.4, -0.2) is 51.0 Å². The van der Waals surface area contributed by atoms with Crippen molar-refractivity contribution in [2.75, 3.05) is 24.2 Å². The molecular weight excluding hydrogens is 505 g/mol. The highest BCUT2D eigenvalue weighted by Crippen LogP contribution is 2.23. The standard InChI is InChI=1S/C29H34FN3O4S/c1-22-11-9-14-24(19-22)21-32(27(29(35)31-2)20-23-12-5-4-6-13-23)28(34)17-10-18-33(38(3,36)37)26-16-8-7-15-25(26)30/h4-9,11-16,19,27H,10,17-18,20-21H2,1-3H3,(H,31,35). The number of amides is 2. The number of halogens is 1.